The van der Waals surface area contributed by atoms with Gasteiger partial charge >= 0.3 is 6.18 Å². The zero-order valence-electron chi connectivity index (χ0n) is 12.8. The number of benzene rings is 1. The van der Waals surface area contributed by atoms with E-state index in [1.54, 1.807) is 0 Å². The van der Waals surface area contributed by atoms with Crippen molar-refractivity contribution in [2.45, 2.75) is 24.0 Å². The molecular weight excluding hydrogens is 341 g/mol. The number of thioether (sulfide) groups is 1. The number of nitrogens with zero attached hydrogens (tertiary/aromatic N) is 4. The number of oxazole rings is 1. The Bertz CT molecular complexity index is 839. The van der Waals surface area contributed by atoms with Gasteiger partial charge in [0.15, 0.2) is 5.16 Å². The van der Waals surface area contributed by atoms with Gasteiger partial charge in [-0.1, -0.05) is 29.5 Å². The summed E-state index contributed by atoms with van der Waals surface area (Å²) in [6.45, 7) is 1.98. The molecule has 0 saturated carbocycles. The molecule has 24 heavy (non-hydrogen) atoms. The van der Waals surface area contributed by atoms with Crippen LogP contribution in [-0.4, -0.2) is 19.7 Å². The van der Waals surface area contributed by atoms with Crippen LogP contribution in [0.25, 0.3) is 11.5 Å². The van der Waals surface area contributed by atoms with Crippen LogP contribution in [0.15, 0.2) is 40.1 Å². The molecule has 0 atom stereocenters. The topological polar surface area (TPSA) is 56.7 Å². The molecule has 0 amide bonds. The number of hydrogen-bond acceptors (Lipinski definition) is 5. The summed E-state index contributed by atoms with van der Waals surface area (Å²) in [5, 5.41) is 6.92. The van der Waals surface area contributed by atoms with Crippen molar-refractivity contribution in [3.63, 3.8) is 0 Å². The Hall–Kier alpha value is -2.29. The van der Waals surface area contributed by atoms with Crippen LogP contribution in [0.4, 0.5) is 13.2 Å². The van der Waals surface area contributed by atoms with Crippen LogP contribution in [0, 0.1) is 6.92 Å². The fraction of sp³-hybridized carbons (Fsp3) is 0.267. The average Bonchev–Trinajstić information content (AvgIpc) is 3.12. The summed E-state index contributed by atoms with van der Waals surface area (Å²) in [4.78, 5) is 4.34. The highest BCUT2D eigenvalue weighted by Crippen LogP contribution is 2.30. The smallest absolute Gasteiger partial charge is 0.444 e. The predicted octanol–water partition coefficient (Wildman–Crippen LogP) is 4.09. The van der Waals surface area contributed by atoms with E-state index in [0.717, 1.165) is 27.5 Å². The minimum atomic E-state index is -4.52. The summed E-state index contributed by atoms with van der Waals surface area (Å²) < 4.78 is 44.4. The van der Waals surface area contributed by atoms with E-state index < -0.39 is 12.0 Å². The quantitative estimate of drug-likeness (QED) is 0.661. The Kier molecular flexibility index (Phi) is 4.35. The highest BCUT2D eigenvalue weighted by Gasteiger charge is 2.37. The molecule has 2 aromatic heterocycles. The Morgan fingerprint density at radius 2 is 1.88 bits per heavy atom. The first-order valence-corrected chi connectivity index (χ1v) is 7.94. The third-order valence-corrected chi connectivity index (χ3v) is 4.34. The second-order valence-electron chi connectivity index (χ2n) is 5.16. The monoisotopic (exact) mass is 354 g/mol. The van der Waals surface area contributed by atoms with Crippen molar-refractivity contribution in [2.24, 2.45) is 7.05 Å². The Morgan fingerprint density at radius 3 is 2.50 bits per heavy atom. The van der Waals surface area contributed by atoms with E-state index in [1.165, 1.54) is 13.3 Å². The minimum Gasteiger partial charge on any atom is -0.444 e. The summed E-state index contributed by atoms with van der Waals surface area (Å²) in [6.07, 6.45) is -3.03. The number of aromatic nitrogens is 4. The molecule has 0 aliphatic rings. The number of hydrogen-bond donors (Lipinski definition) is 0. The number of aryl methyl sites for hydroxylation is 1. The molecule has 0 bridgehead atoms. The molecule has 5 nitrogen and oxygen atoms in total. The lowest BCUT2D eigenvalue weighted by atomic mass is 10.1. The maximum Gasteiger partial charge on any atom is 0.451 e. The van der Waals surface area contributed by atoms with Gasteiger partial charge in [0, 0.05) is 18.4 Å². The molecule has 9 heteroatoms. The second kappa shape index (κ2) is 6.31. The normalized spacial score (nSPS) is 11.9. The summed E-state index contributed by atoms with van der Waals surface area (Å²) in [7, 11) is 1.28. The van der Waals surface area contributed by atoms with Gasteiger partial charge in [-0.25, -0.2) is 4.98 Å². The first-order chi connectivity index (χ1) is 11.3. The number of rotatable bonds is 4. The summed E-state index contributed by atoms with van der Waals surface area (Å²) in [6, 6.07) is 7.70. The van der Waals surface area contributed by atoms with Crippen molar-refractivity contribution >= 4 is 11.8 Å². The molecule has 0 spiro atoms. The average molecular weight is 354 g/mol. The molecule has 3 aromatic rings. The largest absolute Gasteiger partial charge is 0.451 e. The van der Waals surface area contributed by atoms with Gasteiger partial charge in [0.2, 0.25) is 11.7 Å². The molecule has 0 radical (unpaired) electrons. The molecule has 2 heterocycles. The van der Waals surface area contributed by atoms with E-state index in [2.05, 4.69) is 15.2 Å². The lowest BCUT2D eigenvalue weighted by molar-refractivity contribution is -0.147. The van der Waals surface area contributed by atoms with E-state index in [4.69, 9.17) is 4.42 Å². The molecule has 126 valence electrons. The van der Waals surface area contributed by atoms with Crippen molar-refractivity contribution in [1.82, 2.24) is 19.7 Å². The van der Waals surface area contributed by atoms with Crippen molar-refractivity contribution in [1.29, 1.82) is 0 Å². The highest BCUT2D eigenvalue weighted by molar-refractivity contribution is 7.98. The SMILES string of the molecule is Cc1ccc(-c2nc(CSc3nnc(C(F)(F)F)n3C)co2)cc1. The van der Waals surface area contributed by atoms with Crippen molar-refractivity contribution in [3.05, 3.63) is 47.6 Å². The first kappa shape index (κ1) is 16.6. The van der Waals surface area contributed by atoms with Gasteiger partial charge in [-0.15, -0.1) is 10.2 Å². The van der Waals surface area contributed by atoms with Crippen LogP contribution >= 0.6 is 11.8 Å². The van der Waals surface area contributed by atoms with Crippen LogP contribution in [0.5, 0.6) is 0 Å². The molecule has 0 aliphatic heterocycles. The molecule has 1 aromatic carbocycles. The number of alkyl halides is 3. The molecule has 0 aliphatic carbocycles. The molecule has 0 saturated heterocycles. The van der Waals surface area contributed by atoms with Crippen LogP contribution in [0.2, 0.25) is 0 Å². The zero-order chi connectivity index (χ0) is 17.3. The molecule has 0 unspecified atom stereocenters. The summed E-state index contributed by atoms with van der Waals surface area (Å²) >= 11 is 1.11. The van der Waals surface area contributed by atoms with E-state index in [9.17, 15) is 13.2 Å². The fourth-order valence-electron chi connectivity index (χ4n) is 2.03. The molecule has 0 N–H and O–H groups in total. The zero-order valence-corrected chi connectivity index (χ0v) is 13.6. The van der Waals surface area contributed by atoms with Gasteiger partial charge < -0.3 is 8.98 Å². The third kappa shape index (κ3) is 3.45. The lowest BCUT2D eigenvalue weighted by Gasteiger charge is -2.05. The van der Waals surface area contributed by atoms with Gasteiger partial charge in [0.25, 0.3) is 0 Å². The Morgan fingerprint density at radius 1 is 1.17 bits per heavy atom. The Labute approximate surface area is 139 Å². The van der Waals surface area contributed by atoms with Gasteiger partial charge in [-0.3, -0.25) is 0 Å². The minimum absolute atomic E-state index is 0.169. The van der Waals surface area contributed by atoms with Crippen LogP contribution < -0.4 is 0 Å². The van der Waals surface area contributed by atoms with E-state index in [1.807, 2.05) is 31.2 Å². The standard InChI is InChI=1S/C15H13F3N4OS/c1-9-3-5-10(6-4-9)12-19-11(7-23-12)8-24-14-21-20-13(22(14)2)15(16,17)18/h3-7H,8H2,1-2H3. The van der Waals surface area contributed by atoms with Crippen molar-refractivity contribution < 1.29 is 17.6 Å². The molecule has 0 fully saturated rings. The predicted molar refractivity (Wildman–Crippen MR) is 82.2 cm³/mol. The van der Waals surface area contributed by atoms with Crippen molar-refractivity contribution in [2.75, 3.05) is 0 Å². The lowest BCUT2D eigenvalue weighted by Crippen LogP contribution is -2.12. The van der Waals surface area contributed by atoms with Gasteiger partial charge in [-0.05, 0) is 19.1 Å². The van der Waals surface area contributed by atoms with Crippen LogP contribution in [0.1, 0.15) is 17.1 Å². The third-order valence-electron chi connectivity index (χ3n) is 3.29. The fourth-order valence-corrected chi connectivity index (χ4v) is 2.82. The summed E-state index contributed by atoms with van der Waals surface area (Å²) in [5.41, 5.74) is 2.59. The molecule has 3 rings (SSSR count). The first-order valence-electron chi connectivity index (χ1n) is 6.95. The maximum atomic E-state index is 12.7. The van der Waals surface area contributed by atoms with Gasteiger partial charge in [0.1, 0.15) is 6.26 Å². The van der Waals surface area contributed by atoms with E-state index >= 15 is 0 Å². The maximum absolute atomic E-state index is 12.7. The Balaban J connectivity index is 1.70. The highest BCUT2D eigenvalue weighted by atomic mass is 32.2. The van der Waals surface area contributed by atoms with Gasteiger partial charge in [0.05, 0.1) is 5.69 Å². The van der Waals surface area contributed by atoms with Gasteiger partial charge in [-0.2, -0.15) is 13.2 Å². The van der Waals surface area contributed by atoms with E-state index in [0.29, 0.717) is 17.3 Å². The van der Waals surface area contributed by atoms with Crippen molar-refractivity contribution in [3.8, 4) is 11.5 Å². The second-order valence-corrected chi connectivity index (χ2v) is 6.10. The van der Waals surface area contributed by atoms with Crippen LogP contribution in [0.3, 0.4) is 0 Å². The van der Waals surface area contributed by atoms with Crippen LogP contribution in [-0.2, 0) is 19.0 Å². The summed E-state index contributed by atoms with van der Waals surface area (Å²) in [5.74, 6) is -0.218. The van der Waals surface area contributed by atoms with E-state index in [-0.39, 0.29) is 5.16 Å². The molecular formula is C15H13F3N4OS. The number of halogens is 3.